The number of carbonyl (C=O) groups is 1. The van der Waals surface area contributed by atoms with Crippen LogP contribution in [0, 0.1) is 11.3 Å². The molecule has 3 rings (SSSR count). The zero-order valence-electron chi connectivity index (χ0n) is 14.0. The average molecular weight is 338 g/mol. The molecule has 124 valence electrons. The summed E-state index contributed by atoms with van der Waals surface area (Å²) in [5.74, 6) is 0.412. The maximum Gasteiger partial charge on any atom is 0.233 e. The molecule has 0 aliphatic heterocycles. The third-order valence-electron chi connectivity index (χ3n) is 4.99. The number of fused-ring (bicyclic) bond motifs is 1. The summed E-state index contributed by atoms with van der Waals surface area (Å²) < 4.78 is 0. The maximum atomic E-state index is 12.6. The lowest BCUT2D eigenvalue weighted by molar-refractivity contribution is -0.131. The molecule has 1 fully saturated rings. The minimum absolute atomic E-state index is 0.0385. The predicted octanol–water partition coefficient (Wildman–Crippen LogP) is 4.62. The molecule has 3 nitrogen and oxygen atoms in total. The monoisotopic (exact) mass is 338 g/mol. The molecule has 2 aromatic rings. The molecule has 0 spiro atoms. The largest absolute Gasteiger partial charge is 0.326 e. The van der Waals surface area contributed by atoms with Crippen molar-refractivity contribution in [3.05, 3.63) is 42.5 Å². The number of benzene rings is 2. The molecule has 0 aromatic heterocycles. The SMILES string of the molecule is CN(C(=O)CSc1ccc2ccccc2c1)C1(C#N)CCCCC1. The van der Waals surface area contributed by atoms with Gasteiger partial charge in [-0.25, -0.2) is 0 Å². The highest BCUT2D eigenvalue weighted by Gasteiger charge is 2.38. The fourth-order valence-electron chi connectivity index (χ4n) is 3.40. The van der Waals surface area contributed by atoms with Crippen molar-refractivity contribution in [3.63, 3.8) is 0 Å². The standard InChI is InChI=1S/C20H22N2OS/c1-22(20(15-21)11-5-2-6-12-20)19(23)14-24-18-10-9-16-7-3-4-8-17(16)13-18/h3-4,7-10,13H,2,5-6,11-12,14H2,1H3. The second-order valence-corrected chi connectivity index (χ2v) is 7.50. The molecule has 0 saturated heterocycles. The van der Waals surface area contributed by atoms with E-state index >= 15 is 0 Å². The Morgan fingerprint density at radius 1 is 1.17 bits per heavy atom. The lowest BCUT2D eigenvalue weighted by Crippen LogP contribution is -2.50. The van der Waals surface area contributed by atoms with Gasteiger partial charge >= 0.3 is 0 Å². The second-order valence-electron chi connectivity index (χ2n) is 6.45. The zero-order valence-corrected chi connectivity index (χ0v) is 14.8. The first-order valence-electron chi connectivity index (χ1n) is 8.44. The van der Waals surface area contributed by atoms with Crippen LogP contribution in [0.4, 0.5) is 0 Å². The number of nitriles is 1. The molecule has 0 unspecified atom stereocenters. The van der Waals surface area contributed by atoms with Crippen LogP contribution in [-0.2, 0) is 4.79 Å². The van der Waals surface area contributed by atoms with Crippen LogP contribution in [0.2, 0.25) is 0 Å². The molecule has 1 saturated carbocycles. The Labute approximate surface area is 147 Å². The van der Waals surface area contributed by atoms with Gasteiger partial charge in [0.15, 0.2) is 0 Å². The third-order valence-corrected chi connectivity index (χ3v) is 5.97. The maximum absolute atomic E-state index is 12.6. The van der Waals surface area contributed by atoms with Crippen molar-refractivity contribution >= 4 is 28.4 Å². The molecular formula is C20H22N2OS. The van der Waals surface area contributed by atoms with Gasteiger partial charge in [-0.3, -0.25) is 4.79 Å². The number of hydrogen-bond donors (Lipinski definition) is 0. The number of hydrogen-bond acceptors (Lipinski definition) is 3. The normalized spacial score (nSPS) is 16.5. The third kappa shape index (κ3) is 3.42. The molecule has 0 bridgehead atoms. The van der Waals surface area contributed by atoms with Gasteiger partial charge in [0.2, 0.25) is 5.91 Å². The highest BCUT2D eigenvalue weighted by molar-refractivity contribution is 8.00. The lowest BCUT2D eigenvalue weighted by atomic mass is 9.81. The Balaban J connectivity index is 1.66. The van der Waals surface area contributed by atoms with Crippen molar-refractivity contribution in [1.29, 1.82) is 5.26 Å². The van der Waals surface area contributed by atoms with Crippen molar-refractivity contribution < 1.29 is 4.79 Å². The highest BCUT2D eigenvalue weighted by Crippen LogP contribution is 2.33. The highest BCUT2D eigenvalue weighted by atomic mass is 32.2. The van der Waals surface area contributed by atoms with Gasteiger partial charge in [-0.05, 0) is 35.7 Å². The molecule has 1 aliphatic rings. The van der Waals surface area contributed by atoms with Crippen LogP contribution in [0.1, 0.15) is 32.1 Å². The Bertz CT molecular complexity index is 775. The first-order valence-corrected chi connectivity index (χ1v) is 9.43. The van der Waals surface area contributed by atoms with Crippen molar-refractivity contribution in [2.24, 2.45) is 0 Å². The quantitative estimate of drug-likeness (QED) is 0.764. The number of carbonyl (C=O) groups excluding carboxylic acids is 1. The van der Waals surface area contributed by atoms with Gasteiger partial charge in [-0.2, -0.15) is 5.26 Å². The fraction of sp³-hybridized carbons (Fsp3) is 0.400. The Hall–Kier alpha value is -1.99. The lowest BCUT2D eigenvalue weighted by Gasteiger charge is -2.39. The van der Waals surface area contributed by atoms with Gasteiger partial charge in [0.1, 0.15) is 5.54 Å². The Morgan fingerprint density at radius 2 is 1.88 bits per heavy atom. The summed E-state index contributed by atoms with van der Waals surface area (Å²) >= 11 is 1.54. The summed E-state index contributed by atoms with van der Waals surface area (Å²) in [5, 5.41) is 12.0. The molecule has 1 aliphatic carbocycles. The van der Waals surface area contributed by atoms with E-state index in [2.05, 4.69) is 36.4 Å². The summed E-state index contributed by atoms with van der Waals surface area (Å²) in [6.45, 7) is 0. The molecule has 0 N–H and O–H groups in total. The van der Waals surface area contributed by atoms with Crippen LogP contribution in [0.5, 0.6) is 0 Å². The van der Waals surface area contributed by atoms with E-state index < -0.39 is 5.54 Å². The summed E-state index contributed by atoms with van der Waals surface area (Å²) in [4.78, 5) is 15.4. The number of rotatable bonds is 4. The molecular weight excluding hydrogens is 316 g/mol. The zero-order chi connectivity index (χ0) is 17.0. The summed E-state index contributed by atoms with van der Waals surface area (Å²) in [5.41, 5.74) is -0.598. The van der Waals surface area contributed by atoms with Gasteiger partial charge in [0, 0.05) is 11.9 Å². The molecule has 1 amide bonds. The van der Waals surface area contributed by atoms with Gasteiger partial charge < -0.3 is 4.90 Å². The Kier molecular flexibility index (Phi) is 5.11. The van der Waals surface area contributed by atoms with Gasteiger partial charge in [0.25, 0.3) is 0 Å². The molecule has 0 atom stereocenters. The van der Waals surface area contributed by atoms with Crippen LogP contribution in [0.25, 0.3) is 10.8 Å². The second kappa shape index (κ2) is 7.27. The van der Waals surface area contributed by atoms with Crippen LogP contribution in [0.15, 0.2) is 47.4 Å². The molecule has 0 radical (unpaired) electrons. The van der Waals surface area contributed by atoms with E-state index in [-0.39, 0.29) is 5.91 Å². The smallest absolute Gasteiger partial charge is 0.233 e. The average Bonchev–Trinajstić information content (AvgIpc) is 2.65. The van der Waals surface area contributed by atoms with E-state index in [4.69, 9.17) is 0 Å². The van der Waals surface area contributed by atoms with Gasteiger partial charge in [0.05, 0.1) is 11.8 Å². The van der Waals surface area contributed by atoms with Crippen molar-refractivity contribution in [2.45, 2.75) is 42.5 Å². The van der Waals surface area contributed by atoms with Crippen molar-refractivity contribution in [3.8, 4) is 6.07 Å². The van der Waals surface area contributed by atoms with Crippen LogP contribution >= 0.6 is 11.8 Å². The van der Waals surface area contributed by atoms with E-state index in [0.29, 0.717) is 5.75 Å². The van der Waals surface area contributed by atoms with Gasteiger partial charge in [-0.1, -0.05) is 49.6 Å². The minimum atomic E-state index is -0.598. The summed E-state index contributed by atoms with van der Waals surface area (Å²) in [7, 11) is 1.79. The first kappa shape index (κ1) is 16.9. The molecule has 0 heterocycles. The van der Waals surface area contributed by atoms with Gasteiger partial charge in [-0.15, -0.1) is 11.8 Å². The minimum Gasteiger partial charge on any atom is -0.326 e. The summed E-state index contributed by atoms with van der Waals surface area (Å²) in [6, 6.07) is 16.9. The van der Waals surface area contributed by atoms with E-state index in [1.807, 2.05) is 12.1 Å². The van der Waals surface area contributed by atoms with E-state index in [9.17, 15) is 10.1 Å². The molecule has 2 aromatic carbocycles. The predicted molar refractivity (Wildman–Crippen MR) is 98.9 cm³/mol. The summed E-state index contributed by atoms with van der Waals surface area (Å²) in [6.07, 6.45) is 4.82. The van der Waals surface area contributed by atoms with E-state index in [1.165, 1.54) is 10.8 Å². The topological polar surface area (TPSA) is 44.1 Å². The van der Waals surface area contributed by atoms with Crippen LogP contribution in [0.3, 0.4) is 0 Å². The first-order chi connectivity index (χ1) is 11.6. The number of nitrogens with zero attached hydrogens (tertiary/aromatic N) is 2. The fourth-order valence-corrected chi connectivity index (χ4v) is 4.26. The van der Waals surface area contributed by atoms with E-state index in [0.717, 1.165) is 37.0 Å². The number of thioether (sulfide) groups is 1. The van der Waals surface area contributed by atoms with Crippen LogP contribution in [-0.4, -0.2) is 29.1 Å². The van der Waals surface area contributed by atoms with Crippen molar-refractivity contribution in [1.82, 2.24) is 4.90 Å². The Morgan fingerprint density at radius 3 is 2.58 bits per heavy atom. The van der Waals surface area contributed by atoms with Crippen molar-refractivity contribution in [2.75, 3.05) is 12.8 Å². The number of amides is 1. The molecule has 24 heavy (non-hydrogen) atoms. The van der Waals surface area contributed by atoms with E-state index in [1.54, 1.807) is 23.7 Å². The molecule has 4 heteroatoms. The van der Waals surface area contributed by atoms with Crippen LogP contribution < -0.4 is 0 Å².